The highest BCUT2D eigenvalue weighted by Crippen LogP contribution is 2.14. The molecular formula is C6H10N2S. The molecule has 9 heavy (non-hydrogen) atoms. The molecule has 0 spiro atoms. The van der Waals surface area contributed by atoms with Crippen LogP contribution in [0.25, 0.3) is 0 Å². The van der Waals surface area contributed by atoms with Gasteiger partial charge in [0.1, 0.15) is 0 Å². The quantitative estimate of drug-likeness (QED) is 0.550. The maximum Gasteiger partial charge on any atom is 0.160 e. The first-order valence-corrected chi connectivity index (χ1v) is 3.87. The third-order valence-corrected chi connectivity index (χ3v) is 2.20. The Kier molecular flexibility index (Phi) is 2.16. The number of thioether (sulfide) groups is 1. The van der Waals surface area contributed by atoms with Crippen molar-refractivity contribution in [2.75, 3.05) is 12.8 Å². The van der Waals surface area contributed by atoms with Crippen LogP contribution in [0.3, 0.4) is 0 Å². The highest BCUT2D eigenvalue weighted by Gasteiger charge is 2.10. The van der Waals surface area contributed by atoms with Gasteiger partial charge in [0, 0.05) is 18.5 Å². The van der Waals surface area contributed by atoms with Crippen molar-refractivity contribution in [3.8, 4) is 0 Å². The Bertz CT molecular complexity index is 142. The molecule has 0 atom stereocenters. The van der Waals surface area contributed by atoms with E-state index in [0.717, 1.165) is 10.9 Å². The number of hydrogen-bond donors (Lipinski definition) is 1. The van der Waals surface area contributed by atoms with Gasteiger partial charge in [-0.2, -0.15) is 0 Å². The minimum Gasteiger partial charge on any atom is -0.338 e. The first-order valence-electron chi connectivity index (χ1n) is 2.88. The summed E-state index contributed by atoms with van der Waals surface area (Å²) in [4.78, 5) is 4.01. The van der Waals surface area contributed by atoms with Crippen molar-refractivity contribution in [2.45, 2.75) is 6.92 Å². The van der Waals surface area contributed by atoms with Crippen LogP contribution < -0.4 is 5.32 Å². The van der Waals surface area contributed by atoms with Crippen molar-refractivity contribution in [2.24, 2.45) is 4.99 Å². The van der Waals surface area contributed by atoms with Gasteiger partial charge in [-0.05, 0) is 6.92 Å². The van der Waals surface area contributed by atoms with E-state index in [1.54, 1.807) is 18.8 Å². The molecule has 2 nitrogen and oxygen atoms in total. The molecule has 0 aliphatic carbocycles. The molecule has 1 aliphatic heterocycles. The molecule has 1 rings (SSSR count). The predicted molar refractivity (Wildman–Crippen MR) is 42.7 cm³/mol. The largest absolute Gasteiger partial charge is 0.338 e. The summed E-state index contributed by atoms with van der Waals surface area (Å²) in [5, 5.41) is 4.20. The second kappa shape index (κ2) is 2.92. The number of allylic oxidation sites excluding steroid dienone is 1. The molecule has 1 fully saturated rings. The van der Waals surface area contributed by atoms with Crippen molar-refractivity contribution in [1.82, 2.24) is 5.32 Å². The molecule has 1 aliphatic rings. The van der Waals surface area contributed by atoms with Gasteiger partial charge >= 0.3 is 0 Å². The van der Waals surface area contributed by atoms with Crippen LogP contribution in [0.5, 0.6) is 0 Å². The van der Waals surface area contributed by atoms with E-state index in [0.29, 0.717) is 0 Å². The molecule has 0 aromatic heterocycles. The Balaban J connectivity index is 2.57. The summed E-state index contributed by atoms with van der Waals surface area (Å²) in [6.07, 6.45) is 2.07. The second-order valence-corrected chi connectivity index (χ2v) is 2.72. The van der Waals surface area contributed by atoms with Gasteiger partial charge < -0.3 is 5.32 Å². The van der Waals surface area contributed by atoms with Crippen LogP contribution in [-0.2, 0) is 0 Å². The summed E-state index contributed by atoms with van der Waals surface area (Å²) in [6.45, 7) is 2.03. The number of nitrogens with zero attached hydrogens (tertiary/aromatic N) is 1. The smallest absolute Gasteiger partial charge is 0.160 e. The second-order valence-electron chi connectivity index (χ2n) is 1.76. The molecule has 0 aromatic carbocycles. The first kappa shape index (κ1) is 6.68. The fraction of sp³-hybridized carbons (Fsp3) is 0.500. The molecule has 0 unspecified atom stereocenters. The Morgan fingerprint density at radius 2 is 2.56 bits per heavy atom. The van der Waals surface area contributed by atoms with Crippen LogP contribution in [-0.4, -0.2) is 18.0 Å². The lowest BCUT2D eigenvalue weighted by Gasteiger charge is -1.92. The zero-order valence-electron chi connectivity index (χ0n) is 5.64. The van der Waals surface area contributed by atoms with Crippen molar-refractivity contribution in [3.63, 3.8) is 0 Å². The van der Waals surface area contributed by atoms with Crippen LogP contribution in [0.4, 0.5) is 0 Å². The molecule has 0 bridgehead atoms. The first-order chi connectivity index (χ1) is 4.36. The summed E-state index contributed by atoms with van der Waals surface area (Å²) >= 11 is 1.75. The average Bonchev–Trinajstić information content (AvgIpc) is 2.34. The van der Waals surface area contributed by atoms with Gasteiger partial charge in [0.2, 0.25) is 0 Å². The summed E-state index contributed by atoms with van der Waals surface area (Å²) in [7, 11) is 1.80. The zero-order chi connectivity index (χ0) is 6.69. The molecule has 0 saturated carbocycles. The SMILES string of the molecule is C/C=C1\CSC(=NC)N1. The van der Waals surface area contributed by atoms with Crippen molar-refractivity contribution in [1.29, 1.82) is 0 Å². The summed E-state index contributed by atoms with van der Waals surface area (Å²) < 4.78 is 0. The monoisotopic (exact) mass is 142 g/mol. The summed E-state index contributed by atoms with van der Waals surface area (Å²) in [5.74, 6) is 1.04. The molecule has 1 N–H and O–H groups in total. The fourth-order valence-corrected chi connectivity index (χ4v) is 1.50. The van der Waals surface area contributed by atoms with Crippen LogP contribution in [0.2, 0.25) is 0 Å². The number of nitrogens with one attached hydrogen (secondary N) is 1. The van der Waals surface area contributed by atoms with E-state index < -0.39 is 0 Å². The molecule has 3 heteroatoms. The zero-order valence-corrected chi connectivity index (χ0v) is 6.46. The number of amidine groups is 1. The Hall–Kier alpha value is -0.440. The van der Waals surface area contributed by atoms with Crippen LogP contribution in [0, 0.1) is 0 Å². The van der Waals surface area contributed by atoms with E-state index >= 15 is 0 Å². The Morgan fingerprint density at radius 3 is 2.89 bits per heavy atom. The molecule has 1 saturated heterocycles. The van der Waals surface area contributed by atoms with E-state index in [1.165, 1.54) is 5.70 Å². The lowest BCUT2D eigenvalue weighted by Crippen LogP contribution is -2.10. The number of hydrogen-bond acceptors (Lipinski definition) is 2. The Morgan fingerprint density at radius 1 is 1.78 bits per heavy atom. The van der Waals surface area contributed by atoms with Crippen LogP contribution in [0.1, 0.15) is 6.92 Å². The van der Waals surface area contributed by atoms with E-state index in [9.17, 15) is 0 Å². The topological polar surface area (TPSA) is 24.4 Å². The van der Waals surface area contributed by atoms with Gasteiger partial charge in [0.15, 0.2) is 5.17 Å². The molecule has 0 amide bonds. The standard InChI is InChI=1S/C6H10N2S/c1-3-5-4-9-6(7-2)8-5/h3H,4H2,1-2H3,(H,7,8)/b5-3+. The van der Waals surface area contributed by atoms with E-state index in [4.69, 9.17) is 0 Å². The lowest BCUT2D eigenvalue weighted by molar-refractivity contribution is 1.15. The predicted octanol–water partition coefficient (Wildman–Crippen LogP) is 1.21. The van der Waals surface area contributed by atoms with Gasteiger partial charge in [-0.25, -0.2) is 0 Å². The number of rotatable bonds is 0. The van der Waals surface area contributed by atoms with E-state index in [2.05, 4.69) is 16.4 Å². The molecule has 0 aromatic rings. The van der Waals surface area contributed by atoms with Gasteiger partial charge in [0.05, 0.1) is 0 Å². The van der Waals surface area contributed by atoms with Gasteiger partial charge in [-0.1, -0.05) is 17.8 Å². The minimum absolute atomic E-state index is 1.03. The molecule has 1 heterocycles. The fourth-order valence-electron chi connectivity index (χ4n) is 0.632. The molecular weight excluding hydrogens is 132 g/mol. The molecule has 0 radical (unpaired) electrons. The summed E-state index contributed by atoms with van der Waals surface area (Å²) in [6, 6.07) is 0. The van der Waals surface area contributed by atoms with Crippen molar-refractivity contribution < 1.29 is 0 Å². The lowest BCUT2D eigenvalue weighted by atomic mass is 10.5. The highest BCUT2D eigenvalue weighted by atomic mass is 32.2. The molecule has 50 valence electrons. The maximum atomic E-state index is 4.01. The van der Waals surface area contributed by atoms with Crippen molar-refractivity contribution in [3.05, 3.63) is 11.8 Å². The third kappa shape index (κ3) is 1.48. The maximum absolute atomic E-state index is 4.01. The van der Waals surface area contributed by atoms with Gasteiger partial charge in [0.25, 0.3) is 0 Å². The Labute approximate surface area is 59.4 Å². The van der Waals surface area contributed by atoms with E-state index in [-0.39, 0.29) is 0 Å². The minimum atomic E-state index is 1.03. The third-order valence-electron chi connectivity index (χ3n) is 1.18. The van der Waals surface area contributed by atoms with Crippen molar-refractivity contribution >= 4 is 16.9 Å². The van der Waals surface area contributed by atoms with Gasteiger partial charge in [-0.15, -0.1) is 0 Å². The average molecular weight is 142 g/mol. The van der Waals surface area contributed by atoms with Crippen LogP contribution in [0.15, 0.2) is 16.8 Å². The summed E-state index contributed by atoms with van der Waals surface area (Å²) in [5.41, 5.74) is 1.26. The highest BCUT2D eigenvalue weighted by molar-refractivity contribution is 8.14. The van der Waals surface area contributed by atoms with E-state index in [1.807, 2.05) is 6.92 Å². The normalized spacial score (nSPS) is 27.3. The number of aliphatic imine (C=N–C) groups is 1. The van der Waals surface area contributed by atoms with Gasteiger partial charge in [-0.3, -0.25) is 4.99 Å². The van der Waals surface area contributed by atoms with Crippen LogP contribution >= 0.6 is 11.8 Å².